The molecule has 0 rings (SSSR count). The zero-order chi connectivity index (χ0) is 13.9. The van der Waals surface area contributed by atoms with Crippen LogP contribution in [0.1, 0.15) is 12.8 Å². The maximum atomic E-state index is 10.6. The van der Waals surface area contributed by atoms with Crippen molar-refractivity contribution in [3.63, 3.8) is 0 Å². The van der Waals surface area contributed by atoms with E-state index < -0.39 is 44.2 Å². The molecule has 0 aliphatic heterocycles. The Bertz CT molecular complexity index is 383. The van der Waals surface area contributed by atoms with Gasteiger partial charge in [0.05, 0.1) is 13.8 Å². The van der Waals surface area contributed by atoms with E-state index in [4.69, 9.17) is 0 Å². The van der Waals surface area contributed by atoms with Crippen molar-refractivity contribution < 1.29 is 208 Å². The van der Waals surface area contributed by atoms with Crippen molar-refractivity contribution in [2.75, 3.05) is 0 Å². The van der Waals surface area contributed by atoms with Crippen LogP contribution in [0.15, 0.2) is 0 Å². The van der Waals surface area contributed by atoms with Crippen LogP contribution in [0.5, 0.6) is 0 Å². The van der Waals surface area contributed by atoms with Crippen molar-refractivity contribution >= 4 is 63.5 Å². The summed E-state index contributed by atoms with van der Waals surface area (Å²) in [7, 11) is -5.96. The van der Waals surface area contributed by atoms with Gasteiger partial charge in [-0.1, -0.05) is 0 Å². The molecule has 0 aliphatic carbocycles. The van der Waals surface area contributed by atoms with Crippen LogP contribution in [0.2, 0.25) is 0 Å². The normalized spacial score (nSPS) is 9.36. The molecule has 0 fully saturated rings. The van der Waals surface area contributed by atoms with Crippen molar-refractivity contribution in [1.82, 2.24) is 0 Å². The molecular formula is C6H6CaK3O11P. The number of carbonyl (C=O) groups excluding carboxylic acids is 3. The molecule has 0 bridgehead atoms. The molecule has 0 saturated carbocycles. The zero-order valence-corrected chi connectivity index (χ0v) is 24.6. The summed E-state index contributed by atoms with van der Waals surface area (Å²) < 4.78 is 13.7. The summed E-state index contributed by atoms with van der Waals surface area (Å²) in [5.74, 6) is -6.80. The maximum absolute atomic E-state index is 10.6. The van der Waals surface area contributed by atoms with Gasteiger partial charge in [-0.3, -0.25) is 0 Å². The Balaban J connectivity index is -0.000000128. The monoisotopic (exact) mass is 442 g/mol. The van der Waals surface area contributed by atoms with Crippen LogP contribution in [0.25, 0.3) is 0 Å². The predicted octanol–water partition coefficient (Wildman–Crippen LogP) is -16.6. The van der Waals surface area contributed by atoms with Crippen LogP contribution in [0, 0.1) is 0 Å². The minimum atomic E-state index is -5.96. The molecule has 0 aromatic carbocycles. The minimum Gasteiger partial charge on any atom is -0.790 e. The predicted molar refractivity (Wildman–Crippen MR) is 45.0 cm³/mol. The summed E-state index contributed by atoms with van der Waals surface area (Å²) >= 11 is 0. The van der Waals surface area contributed by atoms with E-state index in [1.54, 1.807) is 0 Å². The maximum Gasteiger partial charge on any atom is 2.00 e. The number of carboxylic acid groups (broad SMARTS) is 3. The topological polar surface area (TPSA) is 224 Å². The molecule has 22 heavy (non-hydrogen) atoms. The first-order valence-electron chi connectivity index (χ1n) is 3.82. The first-order valence-corrected chi connectivity index (χ1v) is 5.28. The second-order valence-corrected chi connectivity index (χ2v) is 3.99. The van der Waals surface area contributed by atoms with E-state index in [1.807, 2.05) is 0 Å². The molecule has 0 spiro atoms. The number of rotatable bonds is 7. The molecule has 0 aromatic heterocycles. The van der Waals surface area contributed by atoms with Crippen LogP contribution >= 0.6 is 7.82 Å². The SMILES string of the molecule is O.O=C([O-])CC(CC(=O)[O-])(OP(=O)([O-])[O-])C(=O)[O-].[Ca+2].[K+].[K+].[K+]. The standard InChI is InChI=1S/C6H9O10P.Ca.3K.H2O/c7-3(8)1-6(5(11)12,2-4(9)10)16-17(13,14)15;;;;;/h1-2H2,(H,7,8)(H,9,10)(H,11,12)(H2,13,14,15);;;;;1H2/q;+2;3*+1;/p-5. The summed E-state index contributed by atoms with van der Waals surface area (Å²) in [6.45, 7) is 0. The van der Waals surface area contributed by atoms with Gasteiger partial charge in [-0.15, -0.1) is 0 Å². The molecule has 0 atom stereocenters. The molecular weight excluding hydrogens is 436 g/mol. The van der Waals surface area contributed by atoms with Gasteiger partial charge in [0, 0.05) is 24.8 Å². The fourth-order valence-electron chi connectivity index (χ4n) is 0.989. The summed E-state index contributed by atoms with van der Waals surface area (Å²) in [4.78, 5) is 51.4. The van der Waals surface area contributed by atoms with Gasteiger partial charge in [0.15, 0.2) is 0 Å². The molecule has 11 nitrogen and oxygen atoms in total. The molecule has 2 N–H and O–H groups in total. The van der Waals surface area contributed by atoms with Gasteiger partial charge in [-0.25, -0.2) is 0 Å². The molecule has 106 valence electrons. The van der Waals surface area contributed by atoms with Crippen molar-refractivity contribution in [1.29, 1.82) is 0 Å². The van der Waals surface area contributed by atoms with Crippen LogP contribution in [-0.4, -0.2) is 66.7 Å². The Morgan fingerprint density at radius 1 is 0.909 bits per heavy atom. The fraction of sp³-hybridized carbons (Fsp3) is 0.500. The molecule has 0 aliphatic rings. The van der Waals surface area contributed by atoms with Crippen LogP contribution in [0.3, 0.4) is 0 Å². The van der Waals surface area contributed by atoms with E-state index in [1.165, 1.54) is 0 Å². The first-order chi connectivity index (χ1) is 7.48. The number of hydrogen-bond donors (Lipinski definition) is 0. The quantitative estimate of drug-likeness (QED) is 0.267. The summed E-state index contributed by atoms with van der Waals surface area (Å²) in [6, 6.07) is 0. The third-order valence-corrected chi connectivity index (χ3v) is 2.09. The van der Waals surface area contributed by atoms with Crippen molar-refractivity contribution in [3.8, 4) is 0 Å². The Kier molecular flexibility index (Phi) is 35.5. The van der Waals surface area contributed by atoms with Gasteiger partial charge in [-0.05, 0) is 0 Å². The van der Waals surface area contributed by atoms with Gasteiger partial charge in [0.1, 0.15) is 5.60 Å². The number of phosphoric ester groups is 1. The van der Waals surface area contributed by atoms with Crippen LogP contribution < -0.4 is 179 Å². The second kappa shape index (κ2) is 19.0. The Morgan fingerprint density at radius 3 is 1.32 bits per heavy atom. The van der Waals surface area contributed by atoms with E-state index in [9.17, 15) is 44.1 Å². The third-order valence-electron chi connectivity index (χ3n) is 1.52. The minimum absolute atomic E-state index is 0. The molecule has 0 heterocycles. The molecule has 0 radical (unpaired) electrons. The third kappa shape index (κ3) is 19.4. The van der Waals surface area contributed by atoms with Gasteiger partial charge >= 0.3 is 192 Å². The number of carbonyl (C=O) groups is 3. The number of aliphatic carboxylic acids is 3. The van der Waals surface area contributed by atoms with Gasteiger partial charge in [0.2, 0.25) is 0 Å². The van der Waals surface area contributed by atoms with E-state index in [0.29, 0.717) is 0 Å². The molecule has 0 saturated heterocycles. The second-order valence-electron chi connectivity index (χ2n) is 2.92. The van der Waals surface area contributed by atoms with Crippen molar-refractivity contribution in [3.05, 3.63) is 0 Å². The van der Waals surface area contributed by atoms with E-state index in [2.05, 4.69) is 4.52 Å². The van der Waals surface area contributed by atoms with Crippen LogP contribution in [0.4, 0.5) is 0 Å². The Labute approximate surface area is 282 Å². The largest absolute Gasteiger partial charge is 2.00 e. The number of carboxylic acids is 3. The summed E-state index contributed by atoms with van der Waals surface area (Å²) in [5, 5.41) is 30.9. The molecule has 16 heteroatoms. The average molecular weight is 442 g/mol. The molecule has 0 aromatic rings. The zero-order valence-electron chi connectivity index (χ0n) is 12.2. The average Bonchev–Trinajstić information content (AvgIpc) is 1.96. The summed E-state index contributed by atoms with van der Waals surface area (Å²) in [5.41, 5.74) is -3.38. The van der Waals surface area contributed by atoms with Gasteiger partial charge in [-0.2, -0.15) is 0 Å². The Hall–Kier alpha value is 4.65. The number of phosphoric acid groups is 1. The van der Waals surface area contributed by atoms with Gasteiger partial charge < -0.3 is 54.1 Å². The fourth-order valence-corrected chi connectivity index (χ4v) is 1.62. The summed E-state index contributed by atoms with van der Waals surface area (Å²) in [6.07, 6.45) is -3.39. The van der Waals surface area contributed by atoms with E-state index in [-0.39, 0.29) is 197 Å². The van der Waals surface area contributed by atoms with Gasteiger partial charge in [0.25, 0.3) is 0 Å². The van der Waals surface area contributed by atoms with E-state index in [0.717, 1.165) is 0 Å². The van der Waals surface area contributed by atoms with E-state index >= 15 is 0 Å². The molecule has 0 unspecified atom stereocenters. The van der Waals surface area contributed by atoms with Crippen LogP contribution in [-0.2, 0) is 23.5 Å². The van der Waals surface area contributed by atoms with Crippen molar-refractivity contribution in [2.24, 2.45) is 0 Å². The smallest absolute Gasteiger partial charge is 0.790 e. The number of hydrogen-bond acceptors (Lipinski definition) is 10. The van der Waals surface area contributed by atoms with Crippen molar-refractivity contribution in [2.45, 2.75) is 18.4 Å². The Morgan fingerprint density at radius 2 is 1.18 bits per heavy atom. The molecule has 0 amide bonds. The first kappa shape index (κ1) is 41.1.